The number of halogens is 2. The minimum absolute atomic E-state index is 0.0945. The maximum atomic E-state index is 13.9. The lowest BCUT2D eigenvalue weighted by molar-refractivity contribution is -0.127. The molecule has 1 aromatic heterocycles. The number of hydrogen-bond donors (Lipinski definition) is 0. The lowest BCUT2D eigenvalue weighted by Gasteiger charge is -2.23. The van der Waals surface area contributed by atoms with Gasteiger partial charge < -0.3 is 14.2 Å². The number of rotatable bonds is 8. The van der Waals surface area contributed by atoms with Gasteiger partial charge in [0.2, 0.25) is 5.91 Å². The van der Waals surface area contributed by atoms with Crippen LogP contribution >= 0.6 is 0 Å². The monoisotopic (exact) mass is 476 g/mol. The van der Waals surface area contributed by atoms with Gasteiger partial charge >= 0.3 is 0 Å². The van der Waals surface area contributed by atoms with Crippen molar-refractivity contribution in [2.24, 2.45) is 12.0 Å². The van der Waals surface area contributed by atoms with E-state index < -0.39 is 11.6 Å². The van der Waals surface area contributed by atoms with Gasteiger partial charge in [-0.05, 0) is 49.2 Å². The van der Waals surface area contributed by atoms with Crippen molar-refractivity contribution >= 4 is 12.1 Å². The van der Waals surface area contributed by atoms with Crippen LogP contribution in [0.4, 0.5) is 8.78 Å². The van der Waals surface area contributed by atoms with E-state index in [-0.39, 0.29) is 24.1 Å². The van der Waals surface area contributed by atoms with Crippen molar-refractivity contribution in [2.75, 3.05) is 6.54 Å². The zero-order valence-electron chi connectivity index (χ0n) is 19.5. The number of carbonyl (C=O) groups excluding carboxylic acids is 1. The van der Waals surface area contributed by atoms with Gasteiger partial charge in [-0.2, -0.15) is 0 Å². The third-order valence-electron chi connectivity index (χ3n) is 6.04. The van der Waals surface area contributed by atoms with Gasteiger partial charge in [0.1, 0.15) is 18.2 Å². The first-order valence-corrected chi connectivity index (χ1v) is 11.2. The van der Waals surface area contributed by atoms with Crippen LogP contribution in [-0.4, -0.2) is 33.1 Å². The van der Waals surface area contributed by atoms with E-state index in [1.165, 1.54) is 24.4 Å². The van der Waals surface area contributed by atoms with Gasteiger partial charge in [0.25, 0.3) is 0 Å². The predicted molar refractivity (Wildman–Crippen MR) is 131 cm³/mol. The predicted octanol–water partition coefficient (Wildman–Crippen LogP) is 5.36. The van der Waals surface area contributed by atoms with Crippen LogP contribution in [0.2, 0.25) is 0 Å². The number of aliphatic imine (C=N–C) groups is 1. The molecule has 2 aromatic carbocycles. The van der Waals surface area contributed by atoms with Crippen LogP contribution in [0.1, 0.15) is 36.0 Å². The van der Waals surface area contributed by atoms with Crippen LogP contribution < -0.4 is 4.74 Å². The standard InChI is InChI=1S/C27H26F2N4O2/c1-4-24(34)33-15-7-10-22(33)27-31-26(23(32(27)3)16-30-5-2)18-11-13-20(14-12-18)35-17-19-8-6-9-21(28)25(19)29/h4-6,8-9,11-14,16,22H,1-2,7,10,15,17H2,3H3/b30-16-/t22-/m0/s1. The van der Waals surface area contributed by atoms with E-state index in [4.69, 9.17) is 9.72 Å². The molecular formula is C27H26F2N4O2. The van der Waals surface area contributed by atoms with Crippen molar-refractivity contribution in [3.63, 3.8) is 0 Å². The number of aromatic nitrogens is 2. The number of carbonyl (C=O) groups is 1. The smallest absolute Gasteiger partial charge is 0.246 e. The third-order valence-corrected chi connectivity index (χ3v) is 6.04. The molecule has 1 atom stereocenters. The zero-order chi connectivity index (χ0) is 24.9. The normalized spacial score (nSPS) is 15.5. The maximum Gasteiger partial charge on any atom is 0.246 e. The van der Waals surface area contributed by atoms with Crippen molar-refractivity contribution in [3.8, 4) is 17.0 Å². The molecule has 0 unspecified atom stereocenters. The second-order valence-electron chi connectivity index (χ2n) is 8.14. The first kappa shape index (κ1) is 24.1. The Morgan fingerprint density at radius 3 is 2.71 bits per heavy atom. The molecule has 0 aliphatic carbocycles. The van der Waals surface area contributed by atoms with Crippen molar-refractivity contribution in [2.45, 2.75) is 25.5 Å². The molecule has 0 radical (unpaired) electrons. The summed E-state index contributed by atoms with van der Waals surface area (Å²) in [4.78, 5) is 23.2. The first-order valence-electron chi connectivity index (χ1n) is 11.2. The van der Waals surface area contributed by atoms with Crippen LogP contribution in [0, 0.1) is 11.6 Å². The molecule has 1 amide bonds. The van der Waals surface area contributed by atoms with Crippen molar-refractivity contribution in [1.82, 2.24) is 14.5 Å². The summed E-state index contributed by atoms with van der Waals surface area (Å²) in [5.41, 5.74) is 2.44. The summed E-state index contributed by atoms with van der Waals surface area (Å²) in [6, 6.07) is 11.0. The highest BCUT2D eigenvalue weighted by Crippen LogP contribution is 2.35. The molecular weight excluding hydrogens is 450 g/mol. The average Bonchev–Trinajstić information content (AvgIpc) is 3.48. The van der Waals surface area contributed by atoms with Gasteiger partial charge in [0, 0.05) is 30.9 Å². The van der Waals surface area contributed by atoms with E-state index in [1.807, 2.05) is 23.7 Å². The molecule has 0 spiro atoms. The molecule has 0 saturated carbocycles. The SMILES string of the molecule is C=C/N=C\c1c(-c2ccc(OCc3cccc(F)c3F)cc2)nc([C@@H]2CCCN2C(=O)C=C)n1C. The van der Waals surface area contributed by atoms with Crippen LogP contribution in [-0.2, 0) is 18.4 Å². The van der Waals surface area contributed by atoms with E-state index >= 15 is 0 Å². The van der Waals surface area contributed by atoms with Gasteiger partial charge in [0.05, 0.1) is 23.6 Å². The molecule has 4 rings (SSSR count). The fourth-order valence-corrected chi connectivity index (χ4v) is 4.26. The Labute approximate surface area is 202 Å². The molecule has 1 aliphatic rings. The molecule has 1 saturated heterocycles. The summed E-state index contributed by atoms with van der Waals surface area (Å²) >= 11 is 0. The van der Waals surface area contributed by atoms with Gasteiger partial charge in [-0.25, -0.2) is 13.8 Å². The van der Waals surface area contributed by atoms with Crippen LogP contribution in [0.5, 0.6) is 5.75 Å². The van der Waals surface area contributed by atoms with Crippen LogP contribution in [0.25, 0.3) is 11.3 Å². The Morgan fingerprint density at radius 2 is 2.00 bits per heavy atom. The summed E-state index contributed by atoms with van der Waals surface area (Å²) in [6.45, 7) is 7.83. The Bertz CT molecular complexity index is 1280. The third kappa shape index (κ3) is 4.91. The maximum absolute atomic E-state index is 13.9. The summed E-state index contributed by atoms with van der Waals surface area (Å²) < 4.78 is 34.9. The van der Waals surface area contributed by atoms with Gasteiger partial charge in [-0.1, -0.05) is 25.3 Å². The van der Waals surface area contributed by atoms with E-state index in [0.717, 1.165) is 36.0 Å². The lowest BCUT2D eigenvalue weighted by Crippen LogP contribution is -2.30. The van der Waals surface area contributed by atoms with Gasteiger partial charge in [0.15, 0.2) is 11.6 Å². The Kier molecular flexibility index (Phi) is 7.19. The Balaban J connectivity index is 1.62. The highest BCUT2D eigenvalue weighted by molar-refractivity contribution is 5.89. The highest BCUT2D eigenvalue weighted by Gasteiger charge is 2.33. The first-order chi connectivity index (χ1) is 16.9. The number of hydrogen-bond acceptors (Lipinski definition) is 4. The average molecular weight is 477 g/mol. The number of nitrogens with zero attached hydrogens (tertiary/aromatic N) is 4. The molecule has 2 heterocycles. The number of likely N-dealkylation sites (tertiary alicyclic amines) is 1. The second-order valence-corrected chi connectivity index (χ2v) is 8.14. The molecule has 0 bridgehead atoms. The van der Waals surface area contributed by atoms with Gasteiger partial charge in [-0.15, -0.1) is 0 Å². The zero-order valence-corrected chi connectivity index (χ0v) is 19.5. The Morgan fingerprint density at radius 1 is 1.23 bits per heavy atom. The Hall–Kier alpha value is -4.07. The largest absolute Gasteiger partial charge is 0.489 e. The summed E-state index contributed by atoms with van der Waals surface area (Å²) in [7, 11) is 1.90. The van der Waals surface area contributed by atoms with Crippen LogP contribution in [0.15, 0.2) is 72.9 Å². The summed E-state index contributed by atoms with van der Waals surface area (Å²) in [5, 5.41) is 0. The van der Waals surface area contributed by atoms with Crippen molar-refractivity contribution < 1.29 is 18.3 Å². The molecule has 8 heteroatoms. The number of imidazole rings is 1. The minimum Gasteiger partial charge on any atom is -0.489 e. The quantitative estimate of drug-likeness (QED) is 0.325. The number of ether oxygens (including phenoxy) is 1. The second kappa shape index (κ2) is 10.5. The van der Waals surface area contributed by atoms with Crippen molar-refractivity contribution in [3.05, 3.63) is 96.6 Å². The molecule has 1 aliphatic heterocycles. The van der Waals surface area contributed by atoms with E-state index in [0.29, 0.717) is 18.0 Å². The fourth-order valence-electron chi connectivity index (χ4n) is 4.26. The number of benzene rings is 2. The highest BCUT2D eigenvalue weighted by atomic mass is 19.2. The topological polar surface area (TPSA) is 59.7 Å². The number of amides is 1. The van der Waals surface area contributed by atoms with E-state index in [2.05, 4.69) is 18.2 Å². The molecule has 6 nitrogen and oxygen atoms in total. The molecule has 180 valence electrons. The van der Waals surface area contributed by atoms with E-state index in [9.17, 15) is 13.6 Å². The van der Waals surface area contributed by atoms with Crippen LogP contribution in [0.3, 0.4) is 0 Å². The fraction of sp³-hybridized carbons (Fsp3) is 0.222. The molecule has 0 N–H and O–H groups in total. The summed E-state index contributed by atoms with van der Waals surface area (Å²) in [5.74, 6) is -0.660. The molecule has 3 aromatic rings. The molecule has 1 fully saturated rings. The molecule has 35 heavy (non-hydrogen) atoms. The minimum atomic E-state index is -0.910. The van der Waals surface area contributed by atoms with Crippen molar-refractivity contribution in [1.29, 1.82) is 0 Å². The van der Waals surface area contributed by atoms with E-state index in [1.54, 1.807) is 23.2 Å². The van der Waals surface area contributed by atoms with Gasteiger partial charge in [-0.3, -0.25) is 9.79 Å². The lowest BCUT2D eigenvalue weighted by atomic mass is 10.1. The summed E-state index contributed by atoms with van der Waals surface area (Å²) in [6.07, 6.45) is 6.16.